The van der Waals surface area contributed by atoms with E-state index in [9.17, 15) is 8.42 Å². The fourth-order valence-electron chi connectivity index (χ4n) is 1.19. The molecule has 0 fully saturated rings. The van der Waals surface area contributed by atoms with E-state index in [1.165, 1.54) is 11.8 Å². The number of hydrogen-bond donors (Lipinski definition) is 2. The Kier molecular flexibility index (Phi) is 5.45. The summed E-state index contributed by atoms with van der Waals surface area (Å²) in [6, 6.07) is 7.03. The summed E-state index contributed by atoms with van der Waals surface area (Å²) in [6.07, 6.45) is 1.92. The van der Waals surface area contributed by atoms with Crippen LogP contribution < -0.4 is 10.0 Å². The molecule has 0 radical (unpaired) electrons. The highest BCUT2D eigenvalue weighted by Gasteiger charge is 2.14. The molecule has 0 amide bonds. The quantitative estimate of drug-likeness (QED) is 0.768. The number of benzene rings is 1. The van der Waals surface area contributed by atoms with Crippen molar-refractivity contribution in [2.24, 2.45) is 0 Å². The molecule has 2 N–H and O–H groups in total. The maximum atomic E-state index is 12.0. The summed E-state index contributed by atoms with van der Waals surface area (Å²) in [5, 5.41) is 2.98. The first kappa shape index (κ1) is 14.5. The number of sulfonamides is 1. The van der Waals surface area contributed by atoms with Crippen LogP contribution in [0.25, 0.3) is 0 Å². The number of rotatable bonds is 6. The van der Waals surface area contributed by atoms with Crippen LogP contribution in [0, 0.1) is 0 Å². The molecule has 17 heavy (non-hydrogen) atoms. The zero-order valence-corrected chi connectivity index (χ0v) is 11.9. The molecule has 1 atom stereocenters. The SMILES string of the molecule is CNC(C)CNS(=O)(=O)c1cccc(SC)c1. The average molecular weight is 274 g/mol. The summed E-state index contributed by atoms with van der Waals surface area (Å²) in [5.41, 5.74) is 0. The Morgan fingerprint density at radius 1 is 1.41 bits per heavy atom. The van der Waals surface area contributed by atoms with Gasteiger partial charge in [-0.15, -0.1) is 11.8 Å². The van der Waals surface area contributed by atoms with Crippen molar-refractivity contribution in [2.45, 2.75) is 22.8 Å². The highest BCUT2D eigenvalue weighted by molar-refractivity contribution is 7.98. The molecule has 96 valence electrons. The molecule has 0 aromatic heterocycles. The molecule has 6 heteroatoms. The molecule has 1 aromatic rings. The first-order chi connectivity index (χ1) is 7.99. The Hall–Kier alpha value is -0.560. The summed E-state index contributed by atoms with van der Waals surface area (Å²) >= 11 is 1.52. The van der Waals surface area contributed by atoms with Crippen molar-refractivity contribution in [3.05, 3.63) is 24.3 Å². The van der Waals surface area contributed by atoms with Gasteiger partial charge in [-0.25, -0.2) is 13.1 Å². The van der Waals surface area contributed by atoms with E-state index in [2.05, 4.69) is 10.0 Å². The zero-order valence-electron chi connectivity index (χ0n) is 10.2. The number of likely N-dealkylation sites (N-methyl/N-ethyl adjacent to an activating group) is 1. The Morgan fingerprint density at radius 3 is 2.71 bits per heavy atom. The van der Waals surface area contributed by atoms with Crippen molar-refractivity contribution >= 4 is 21.8 Å². The lowest BCUT2D eigenvalue weighted by Crippen LogP contribution is -2.37. The fourth-order valence-corrected chi connectivity index (χ4v) is 2.90. The summed E-state index contributed by atoms with van der Waals surface area (Å²) in [6.45, 7) is 2.29. The molecule has 0 saturated carbocycles. The Morgan fingerprint density at radius 2 is 2.12 bits per heavy atom. The monoisotopic (exact) mass is 274 g/mol. The van der Waals surface area contributed by atoms with Crippen LogP contribution in [0.2, 0.25) is 0 Å². The van der Waals surface area contributed by atoms with Crippen LogP contribution in [0.4, 0.5) is 0 Å². The van der Waals surface area contributed by atoms with Gasteiger partial charge in [0.15, 0.2) is 0 Å². The predicted molar refractivity (Wildman–Crippen MR) is 71.9 cm³/mol. The van der Waals surface area contributed by atoms with Crippen molar-refractivity contribution in [3.8, 4) is 0 Å². The van der Waals surface area contributed by atoms with Gasteiger partial charge in [0.2, 0.25) is 10.0 Å². The highest BCUT2D eigenvalue weighted by atomic mass is 32.2. The fraction of sp³-hybridized carbons (Fsp3) is 0.455. The van der Waals surface area contributed by atoms with Gasteiger partial charge in [-0.3, -0.25) is 0 Å². The van der Waals surface area contributed by atoms with Gasteiger partial charge in [0.05, 0.1) is 4.90 Å². The zero-order chi connectivity index (χ0) is 12.9. The van der Waals surface area contributed by atoms with Crippen LogP contribution in [0.15, 0.2) is 34.1 Å². The third kappa shape index (κ3) is 4.31. The topological polar surface area (TPSA) is 58.2 Å². The van der Waals surface area contributed by atoms with Gasteiger partial charge in [-0.1, -0.05) is 6.07 Å². The number of hydrogen-bond acceptors (Lipinski definition) is 4. The third-order valence-electron chi connectivity index (χ3n) is 2.42. The molecule has 0 aliphatic rings. The van der Waals surface area contributed by atoms with Crippen molar-refractivity contribution in [3.63, 3.8) is 0 Å². The maximum Gasteiger partial charge on any atom is 0.240 e. The van der Waals surface area contributed by atoms with Crippen LogP contribution in [-0.4, -0.2) is 34.3 Å². The Balaban J connectivity index is 2.82. The molecule has 0 aliphatic carbocycles. The van der Waals surface area contributed by atoms with E-state index in [-0.39, 0.29) is 6.04 Å². The Labute approximate surface area is 107 Å². The van der Waals surface area contributed by atoms with E-state index < -0.39 is 10.0 Å². The van der Waals surface area contributed by atoms with E-state index >= 15 is 0 Å². The minimum absolute atomic E-state index is 0.105. The van der Waals surface area contributed by atoms with Crippen LogP contribution in [0.1, 0.15) is 6.92 Å². The summed E-state index contributed by atoms with van der Waals surface area (Å²) in [7, 11) is -1.60. The van der Waals surface area contributed by atoms with Crippen molar-refractivity contribution < 1.29 is 8.42 Å². The minimum atomic E-state index is -3.40. The highest BCUT2D eigenvalue weighted by Crippen LogP contribution is 2.18. The standard InChI is InChI=1S/C11H18N2O2S2/c1-9(12-2)8-13-17(14,15)11-6-4-5-10(7-11)16-3/h4-7,9,12-13H,8H2,1-3H3. The largest absolute Gasteiger partial charge is 0.316 e. The first-order valence-corrected chi connectivity index (χ1v) is 8.01. The molecule has 0 saturated heterocycles. The molecule has 1 aromatic carbocycles. The average Bonchev–Trinajstić information content (AvgIpc) is 2.36. The maximum absolute atomic E-state index is 12.0. The molecular weight excluding hydrogens is 256 g/mol. The number of nitrogens with one attached hydrogen (secondary N) is 2. The van der Waals surface area contributed by atoms with Gasteiger partial charge in [-0.2, -0.15) is 0 Å². The van der Waals surface area contributed by atoms with Gasteiger partial charge < -0.3 is 5.32 Å². The number of thioether (sulfide) groups is 1. The molecule has 0 bridgehead atoms. The summed E-state index contributed by atoms with van der Waals surface area (Å²) in [5.74, 6) is 0. The molecule has 0 heterocycles. The second kappa shape index (κ2) is 6.39. The molecule has 0 spiro atoms. The third-order valence-corrected chi connectivity index (χ3v) is 4.57. The lowest BCUT2D eigenvalue weighted by Gasteiger charge is -2.12. The van der Waals surface area contributed by atoms with Gasteiger partial charge in [0, 0.05) is 17.5 Å². The molecule has 4 nitrogen and oxygen atoms in total. The van der Waals surface area contributed by atoms with Crippen LogP contribution >= 0.6 is 11.8 Å². The van der Waals surface area contributed by atoms with Gasteiger partial charge in [0.1, 0.15) is 0 Å². The van der Waals surface area contributed by atoms with Crippen molar-refractivity contribution in [1.29, 1.82) is 0 Å². The van der Waals surface area contributed by atoms with Gasteiger partial charge >= 0.3 is 0 Å². The van der Waals surface area contributed by atoms with Crippen LogP contribution in [0.3, 0.4) is 0 Å². The van der Waals surface area contributed by atoms with E-state index in [0.717, 1.165) is 4.90 Å². The lowest BCUT2D eigenvalue weighted by atomic mass is 10.4. The summed E-state index contributed by atoms with van der Waals surface area (Å²) < 4.78 is 26.5. The smallest absolute Gasteiger partial charge is 0.240 e. The van der Waals surface area contributed by atoms with Gasteiger partial charge in [0.25, 0.3) is 0 Å². The van der Waals surface area contributed by atoms with Gasteiger partial charge in [-0.05, 0) is 38.4 Å². The Bertz CT molecular complexity index is 460. The molecule has 1 rings (SSSR count). The van der Waals surface area contributed by atoms with Crippen LogP contribution in [-0.2, 0) is 10.0 Å². The van der Waals surface area contributed by atoms with Crippen molar-refractivity contribution in [1.82, 2.24) is 10.0 Å². The predicted octanol–water partition coefficient (Wildman–Crippen LogP) is 1.29. The van der Waals surface area contributed by atoms with E-state index in [4.69, 9.17) is 0 Å². The lowest BCUT2D eigenvalue weighted by molar-refractivity contribution is 0.554. The second-order valence-electron chi connectivity index (χ2n) is 3.72. The van der Waals surface area contributed by atoms with Crippen molar-refractivity contribution in [2.75, 3.05) is 19.8 Å². The van der Waals surface area contributed by atoms with E-state index in [1.807, 2.05) is 19.2 Å². The van der Waals surface area contributed by atoms with E-state index in [1.54, 1.807) is 25.2 Å². The van der Waals surface area contributed by atoms with E-state index in [0.29, 0.717) is 11.4 Å². The molecule has 1 unspecified atom stereocenters. The molecule has 0 aliphatic heterocycles. The minimum Gasteiger partial charge on any atom is -0.316 e. The second-order valence-corrected chi connectivity index (χ2v) is 6.37. The summed E-state index contributed by atoms with van der Waals surface area (Å²) in [4.78, 5) is 1.25. The normalized spacial score (nSPS) is 13.6. The molecular formula is C11H18N2O2S2. The first-order valence-electron chi connectivity index (χ1n) is 5.30. The van der Waals surface area contributed by atoms with Crippen LogP contribution in [0.5, 0.6) is 0 Å².